The van der Waals surface area contributed by atoms with Gasteiger partial charge < -0.3 is 9.47 Å². The Morgan fingerprint density at radius 1 is 1.31 bits per heavy atom. The maximum Gasteiger partial charge on any atom is 0.261 e. The van der Waals surface area contributed by atoms with Crippen molar-refractivity contribution in [2.24, 2.45) is 0 Å². The van der Waals surface area contributed by atoms with Crippen LogP contribution in [0.2, 0.25) is 0 Å². The van der Waals surface area contributed by atoms with E-state index in [9.17, 15) is 8.42 Å². The molecular weight excluding hydrogens is 252 g/mol. The van der Waals surface area contributed by atoms with Crippen LogP contribution in [0.3, 0.4) is 0 Å². The minimum absolute atomic E-state index is 0.0191. The van der Waals surface area contributed by atoms with Crippen molar-refractivity contribution in [1.82, 2.24) is 0 Å². The lowest BCUT2D eigenvalue weighted by atomic mass is 10.3. The van der Waals surface area contributed by atoms with E-state index >= 15 is 0 Å². The lowest BCUT2D eigenvalue weighted by molar-refractivity contribution is 0.281. The zero-order valence-electron chi connectivity index (χ0n) is 8.64. The minimum Gasteiger partial charge on any atom is -0.493 e. The average Bonchev–Trinajstić information content (AvgIpc) is 3.00. The number of hydrogen-bond acceptors (Lipinski definition) is 4. The maximum atomic E-state index is 11.2. The SMILES string of the molecule is COc1ccc(S(=O)(=O)Cl)cc1OC1CC1. The molecule has 1 aliphatic carbocycles. The van der Waals surface area contributed by atoms with E-state index in [1.54, 1.807) is 0 Å². The van der Waals surface area contributed by atoms with E-state index in [0.717, 1.165) is 12.8 Å². The van der Waals surface area contributed by atoms with Gasteiger partial charge in [0.1, 0.15) is 0 Å². The molecule has 0 heterocycles. The van der Waals surface area contributed by atoms with E-state index < -0.39 is 9.05 Å². The Hall–Kier alpha value is -0.940. The molecule has 0 saturated heterocycles. The third kappa shape index (κ3) is 2.59. The number of rotatable bonds is 4. The lowest BCUT2D eigenvalue weighted by Crippen LogP contribution is -2.00. The average molecular weight is 263 g/mol. The lowest BCUT2D eigenvalue weighted by Gasteiger charge is -2.10. The first-order chi connectivity index (χ1) is 7.50. The van der Waals surface area contributed by atoms with E-state index in [1.165, 1.54) is 25.3 Å². The summed E-state index contributed by atoms with van der Waals surface area (Å²) in [4.78, 5) is 0.0191. The van der Waals surface area contributed by atoms with Gasteiger partial charge in [-0.2, -0.15) is 0 Å². The second-order valence-corrected chi connectivity index (χ2v) is 6.13. The van der Waals surface area contributed by atoms with Gasteiger partial charge in [-0.1, -0.05) is 0 Å². The smallest absolute Gasteiger partial charge is 0.261 e. The molecule has 88 valence electrons. The molecule has 6 heteroatoms. The van der Waals surface area contributed by atoms with Crippen LogP contribution >= 0.6 is 10.7 Å². The van der Waals surface area contributed by atoms with Gasteiger partial charge in [0.25, 0.3) is 9.05 Å². The van der Waals surface area contributed by atoms with Crippen molar-refractivity contribution in [3.63, 3.8) is 0 Å². The van der Waals surface area contributed by atoms with Gasteiger partial charge in [0, 0.05) is 16.7 Å². The van der Waals surface area contributed by atoms with Crippen molar-refractivity contribution in [3.05, 3.63) is 18.2 Å². The third-order valence-corrected chi connectivity index (χ3v) is 3.59. The third-order valence-electron chi connectivity index (χ3n) is 2.23. The van der Waals surface area contributed by atoms with Crippen LogP contribution in [0.5, 0.6) is 11.5 Å². The fourth-order valence-corrected chi connectivity index (χ4v) is 2.03. The zero-order valence-corrected chi connectivity index (χ0v) is 10.2. The number of ether oxygens (including phenoxy) is 2. The van der Waals surface area contributed by atoms with Crippen LogP contribution < -0.4 is 9.47 Å². The van der Waals surface area contributed by atoms with Crippen molar-refractivity contribution in [1.29, 1.82) is 0 Å². The van der Waals surface area contributed by atoms with Crippen LogP contribution in [0.15, 0.2) is 23.1 Å². The summed E-state index contributed by atoms with van der Waals surface area (Å²) in [6.07, 6.45) is 2.14. The molecule has 0 radical (unpaired) electrons. The number of methoxy groups -OCH3 is 1. The van der Waals surface area contributed by atoms with Gasteiger partial charge in [0.2, 0.25) is 0 Å². The van der Waals surface area contributed by atoms with Gasteiger partial charge in [0.05, 0.1) is 18.1 Å². The molecule has 0 spiro atoms. The summed E-state index contributed by atoms with van der Waals surface area (Å²) in [5.74, 6) is 0.933. The quantitative estimate of drug-likeness (QED) is 0.781. The molecule has 1 aromatic rings. The molecule has 4 nitrogen and oxygen atoms in total. The van der Waals surface area contributed by atoms with Crippen molar-refractivity contribution < 1.29 is 17.9 Å². The Bertz CT molecular complexity index is 494. The normalized spacial score (nSPS) is 15.9. The van der Waals surface area contributed by atoms with Crippen molar-refractivity contribution in [2.45, 2.75) is 23.8 Å². The van der Waals surface area contributed by atoms with Crippen LogP contribution in [-0.4, -0.2) is 21.6 Å². The summed E-state index contributed by atoms with van der Waals surface area (Å²) in [7, 11) is 3.03. The summed E-state index contributed by atoms with van der Waals surface area (Å²) >= 11 is 0. The molecule has 0 amide bonds. The predicted octanol–water partition coefficient (Wildman–Crippen LogP) is 2.16. The largest absolute Gasteiger partial charge is 0.493 e. The highest BCUT2D eigenvalue weighted by molar-refractivity contribution is 8.13. The summed E-state index contributed by atoms with van der Waals surface area (Å²) in [5, 5.41) is 0. The topological polar surface area (TPSA) is 52.6 Å². The number of benzene rings is 1. The van der Waals surface area contributed by atoms with Gasteiger partial charge in [0.15, 0.2) is 11.5 Å². The van der Waals surface area contributed by atoms with Gasteiger partial charge in [-0.25, -0.2) is 8.42 Å². The molecule has 0 unspecified atom stereocenters. The van der Waals surface area contributed by atoms with Crippen LogP contribution in [0.4, 0.5) is 0 Å². The fraction of sp³-hybridized carbons (Fsp3) is 0.400. The molecule has 2 rings (SSSR count). The van der Waals surface area contributed by atoms with Crippen molar-refractivity contribution in [3.8, 4) is 11.5 Å². The highest BCUT2D eigenvalue weighted by atomic mass is 35.7. The van der Waals surface area contributed by atoms with Crippen LogP contribution in [-0.2, 0) is 9.05 Å². The first kappa shape index (κ1) is 11.5. The molecule has 0 N–H and O–H groups in total. The van der Waals surface area contributed by atoms with E-state index in [4.69, 9.17) is 20.2 Å². The minimum atomic E-state index is -3.73. The van der Waals surface area contributed by atoms with Crippen LogP contribution in [0, 0.1) is 0 Å². The first-order valence-electron chi connectivity index (χ1n) is 4.80. The Morgan fingerprint density at radius 2 is 2.00 bits per heavy atom. The number of halogens is 1. The Labute approximate surface area is 98.5 Å². The van der Waals surface area contributed by atoms with E-state index in [2.05, 4.69) is 0 Å². The van der Waals surface area contributed by atoms with Crippen molar-refractivity contribution >= 4 is 19.7 Å². The summed E-state index contributed by atoms with van der Waals surface area (Å²) in [6, 6.07) is 4.31. The molecule has 0 aliphatic heterocycles. The monoisotopic (exact) mass is 262 g/mol. The Morgan fingerprint density at radius 3 is 2.50 bits per heavy atom. The molecule has 0 atom stereocenters. The fourth-order valence-electron chi connectivity index (χ4n) is 1.27. The second kappa shape index (κ2) is 4.14. The standard InChI is InChI=1S/C10H11ClO4S/c1-14-9-5-4-8(16(11,12)13)6-10(9)15-7-2-3-7/h4-7H,2-3H2,1H3. The van der Waals surface area contributed by atoms with E-state index in [1.807, 2.05) is 0 Å². The molecule has 1 saturated carbocycles. The molecule has 1 aliphatic rings. The second-order valence-electron chi connectivity index (χ2n) is 3.57. The van der Waals surface area contributed by atoms with Crippen LogP contribution in [0.1, 0.15) is 12.8 Å². The zero-order chi connectivity index (χ0) is 11.8. The van der Waals surface area contributed by atoms with Crippen molar-refractivity contribution in [2.75, 3.05) is 7.11 Å². The first-order valence-corrected chi connectivity index (χ1v) is 7.11. The van der Waals surface area contributed by atoms with Crippen LogP contribution in [0.25, 0.3) is 0 Å². The highest BCUT2D eigenvalue weighted by Gasteiger charge is 2.25. The molecule has 0 aromatic heterocycles. The van der Waals surface area contributed by atoms with Gasteiger partial charge in [-0.05, 0) is 25.0 Å². The van der Waals surface area contributed by atoms with Gasteiger partial charge in [-0.3, -0.25) is 0 Å². The van der Waals surface area contributed by atoms with Gasteiger partial charge >= 0.3 is 0 Å². The Kier molecular flexibility index (Phi) is 2.99. The summed E-state index contributed by atoms with van der Waals surface area (Å²) < 4.78 is 32.9. The van der Waals surface area contributed by atoms with E-state index in [-0.39, 0.29) is 11.0 Å². The summed E-state index contributed by atoms with van der Waals surface area (Å²) in [5.41, 5.74) is 0. The molecule has 1 aromatic carbocycles. The van der Waals surface area contributed by atoms with Gasteiger partial charge in [-0.15, -0.1) is 0 Å². The highest BCUT2D eigenvalue weighted by Crippen LogP contribution is 2.35. The maximum absolute atomic E-state index is 11.2. The van der Waals surface area contributed by atoms with E-state index in [0.29, 0.717) is 11.5 Å². The number of hydrogen-bond donors (Lipinski definition) is 0. The summed E-state index contributed by atoms with van der Waals surface area (Å²) in [6.45, 7) is 0. The molecule has 16 heavy (non-hydrogen) atoms. The predicted molar refractivity (Wildman–Crippen MR) is 59.7 cm³/mol. The molecule has 0 bridgehead atoms. The Balaban J connectivity index is 2.37. The molecular formula is C10H11ClO4S. The molecule has 1 fully saturated rings.